The summed E-state index contributed by atoms with van der Waals surface area (Å²) < 4.78 is 0. The Hall–Kier alpha value is -2.76. The largest absolute Gasteiger partial charge is 0.465 e. The number of benzene rings is 1. The zero-order chi connectivity index (χ0) is 16.3. The molecule has 0 radical (unpaired) electrons. The summed E-state index contributed by atoms with van der Waals surface area (Å²) in [6, 6.07) is 10.6. The molecule has 2 rings (SSSR count). The number of amides is 1. The van der Waals surface area contributed by atoms with E-state index in [2.05, 4.69) is 10.3 Å². The molecule has 0 atom stereocenters. The number of nitrogens with two attached hydrogens (primary N) is 1. The minimum absolute atomic E-state index is 0.522. The molecule has 116 valence electrons. The lowest BCUT2D eigenvalue weighted by atomic mass is 10.1. The molecule has 0 aliphatic rings. The van der Waals surface area contributed by atoms with Gasteiger partial charge in [0.2, 0.25) is 0 Å². The van der Waals surface area contributed by atoms with Crippen molar-refractivity contribution in [3.8, 4) is 0 Å². The summed E-state index contributed by atoms with van der Waals surface area (Å²) in [7, 11) is 0. The van der Waals surface area contributed by atoms with Gasteiger partial charge in [0, 0.05) is 23.1 Å². The van der Waals surface area contributed by atoms with E-state index in [9.17, 15) is 9.90 Å². The predicted octanol–water partition coefficient (Wildman–Crippen LogP) is 3.69. The Morgan fingerprint density at radius 2 is 1.86 bits per heavy atom. The minimum atomic E-state index is -0.984. The molecule has 2 aromatic rings. The second-order valence-electron chi connectivity index (χ2n) is 5.90. The maximum Gasteiger partial charge on any atom is 0.412 e. The van der Waals surface area contributed by atoms with E-state index in [0.717, 1.165) is 5.69 Å². The van der Waals surface area contributed by atoms with Crippen molar-refractivity contribution in [2.24, 2.45) is 0 Å². The number of anilines is 4. The van der Waals surface area contributed by atoms with Crippen LogP contribution in [0.3, 0.4) is 0 Å². The van der Waals surface area contributed by atoms with Gasteiger partial charge in [0.25, 0.3) is 0 Å². The molecule has 0 spiro atoms. The van der Waals surface area contributed by atoms with Crippen molar-refractivity contribution in [1.82, 2.24) is 4.98 Å². The van der Waals surface area contributed by atoms with E-state index < -0.39 is 11.6 Å². The SMILES string of the molecule is CC(C)(C)N(C(=O)O)c1ccc(Nc2ncccc2N)cc1. The third-order valence-electron chi connectivity index (χ3n) is 3.09. The molecule has 0 fully saturated rings. The highest BCUT2D eigenvalue weighted by Gasteiger charge is 2.27. The summed E-state index contributed by atoms with van der Waals surface area (Å²) in [6.07, 6.45) is 0.668. The number of hydrogen-bond acceptors (Lipinski definition) is 4. The van der Waals surface area contributed by atoms with E-state index in [1.807, 2.05) is 20.8 Å². The Balaban J connectivity index is 2.23. The molecule has 0 bridgehead atoms. The monoisotopic (exact) mass is 300 g/mol. The molecule has 1 amide bonds. The summed E-state index contributed by atoms with van der Waals surface area (Å²) in [5, 5.41) is 12.5. The quantitative estimate of drug-likeness (QED) is 0.804. The van der Waals surface area contributed by atoms with Crippen LogP contribution in [0.4, 0.5) is 27.7 Å². The molecule has 1 aromatic carbocycles. The van der Waals surface area contributed by atoms with E-state index >= 15 is 0 Å². The molecule has 1 aromatic heterocycles. The summed E-state index contributed by atoms with van der Waals surface area (Å²) in [5.74, 6) is 0.571. The Bertz CT molecular complexity index is 663. The van der Waals surface area contributed by atoms with Gasteiger partial charge >= 0.3 is 6.09 Å². The highest BCUT2D eigenvalue weighted by atomic mass is 16.4. The van der Waals surface area contributed by atoms with E-state index in [1.54, 1.807) is 42.6 Å². The van der Waals surface area contributed by atoms with Gasteiger partial charge in [0.05, 0.1) is 5.69 Å². The van der Waals surface area contributed by atoms with Crippen molar-refractivity contribution in [3.63, 3.8) is 0 Å². The normalized spacial score (nSPS) is 11.0. The zero-order valence-corrected chi connectivity index (χ0v) is 12.9. The average molecular weight is 300 g/mol. The molecule has 0 saturated carbocycles. The Kier molecular flexibility index (Phi) is 4.21. The Morgan fingerprint density at radius 3 is 2.36 bits per heavy atom. The second kappa shape index (κ2) is 5.93. The van der Waals surface area contributed by atoms with Crippen LogP contribution in [0.2, 0.25) is 0 Å². The van der Waals surface area contributed by atoms with Crippen LogP contribution in [0.1, 0.15) is 20.8 Å². The third kappa shape index (κ3) is 3.46. The molecule has 0 saturated heterocycles. The molecule has 0 aliphatic heterocycles. The van der Waals surface area contributed by atoms with Crippen molar-refractivity contribution >= 4 is 29.0 Å². The van der Waals surface area contributed by atoms with Crippen LogP contribution < -0.4 is 16.0 Å². The maximum absolute atomic E-state index is 11.5. The van der Waals surface area contributed by atoms with Gasteiger partial charge in [-0.1, -0.05) is 0 Å². The third-order valence-corrected chi connectivity index (χ3v) is 3.09. The first-order valence-corrected chi connectivity index (χ1v) is 6.90. The van der Waals surface area contributed by atoms with E-state index in [0.29, 0.717) is 17.2 Å². The molecule has 0 aliphatic carbocycles. The van der Waals surface area contributed by atoms with Gasteiger partial charge in [-0.15, -0.1) is 0 Å². The molecule has 6 nitrogen and oxygen atoms in total. The van der Waals surface area contributed by atoms with Gasteiger partial charge in [-0.3, -0.25) is 4.90 Å². The number of pyridine rings is 1. The van der Waals surface area contributed by atoms with Gasteiger partial charge in [-0.2, -0.15) is 0 Å². The van der Waals surface area contributed by atoms with E-state index in [4.69, 9.17) is 5.73 Å². The molecule has 22 heavy (non-hydrogen) atoms. The number of nitrogen functional groups attached to an aromatic ring is 1. The minimum Gasteiger partial charge on any atom is -0.465 e. The average Bonchev–Trinajstić information content (AvgIpc) is 2.41. The predicted molar refractivity (Wildman–Crippen MR) is 88.6 cm³/mol. The van der Waals surface area contributed by atoms with Gasteiger partial charge in [-0.05, 0) is 57.2 Å². The van der Waals surface area contributed by atoms with Crippen LogP contribution in [0.15, 0.2) is 42.6 Å². The maximum atomic E-state index is 11.5. The fraction of sp³-hybridized carbons (Fsp3) is 0.250. The first-order valence-electron chi connectivity index (χ1n) is 6.90. The molecular formula is C16H20N4O2. The van der Waals surface area contributed by atoms with Crippen molar-refractivity contribution < 1.29 is 9.90 Å². The first kappa shape index (κ1) is 15.6. The molecule has 1 heterocycles. The van der Waals surface area contributed by atoms with Crippen LogP contribution >= 0.6 is 0 Å². The molecule has 6 heteroatoms. The van der Waals surface area contributed by atoms with Gasteiger partial charge in [0.15, 0.2) is 5.82 Å². The zero-order valence-electron chi connectivity index (χ0n) is 12.9. The fourth-order valence-corrected chi connectivity index (χ4v) is 2.14. The van der Waals surface area contributed by atoms with E-state index in [1.165, 1.54) is 4.90 Å². The van der Waals surface area contributed by atoms with Crippen LogP contribution in [-0.2, 0) is 0 Å². The fourth-order valence-electron chi connectivity index (χ4n) is 2.14. The van der Waals surface area contributed by atoms with Gasteiger partial charge in [-0.25, -0.2) is 9.78 Å². The second-order valence-corrected chi connectivity index (χ2v) is 5.90. The standard InChI is InChI=1S/C16H20N4O2/c1-16(2,3)20(15(21)22)12-8-6-11(7-9-12)19-14-13(17)5-4-10-18-14/h4-10H,17H2,1-3H3,(H,18,19)(H,21,22). The number of carboxylic acid groups (broad SMARTS) is 1. The van der Waals surface area contributed by atoms with Crippen molar-refractivity contribution in [2.45, 2.75) is 26.3 Å². The molecular weight excluding hydrogens is 280 g/mol. The highest BCUT2D eigenvalue weighted by molar-refractivity contribution is 5.88. The van der Waals surface area contributed by atoms with E-state index in [-0.39, 0.29) is 0 Å². The lowest BCUT2D eigenvalue weighted by molar-refractivity contribution is 0.195. The number of aromatic nitrogens is 1. The lowest BCUT2D eigenvalue weighted by Crippen LogP contribution is -2.45. The lowest BCUT2D eigenvalue weighted by Gasteiger charge is -2.33. The van der Waals surface area contributed by atoms with Crippen molar-refractivity contribution in [1.29, 1.82) is 0 Å². The summed E-state index contributed by atoms with van der Waals surface area (Å²) in [4.78, 5) is 16.9. The number of nitrogens with one attached hydrogen (secondary N) is 1. The smallest absolute Gasteiger partial charge is 0.412 e. The Labute approximate surface area is 129 Å². The summed E-state index contributed by atoms with van der Waals surface area (Å²) in [5.41, 5.74) is 7.26. The number of carbonyl (C=O) groups is 1. The van der Waals surface area contributed by atoms with Gasteiger partial charge < -0.3 is 16.2 Å². The van der Waals surface area contributed by atoms with Crippen LogP contribution in [0.25, 0.3) is 0 Å². The number of rotatable bonds is 3. The van der Waals surface area contributed by atoms with Crippen LogP contribution in [0.5, 0.6) is 0 Å². The topological polar surface area (TPSA) is 91.5 Å². The summed E-state index contributed by atoms with van der Waals surface area (Å²) in [6.45, 7) is 5.55. The number of nitrogens with zero attached hydrogens (tertiary/aromatic N) is 2. The first-order chi connectivity index (χ1) is 10.3. The number of hydrogen-bond donors (Lipinski definition) is 3. The highest BCUT2D eigenvalue weighted by Crippen LogP contribution is 2.27. The van der Waals surface area contributed by atoms with Crippen molar-refractivity contribution in [3.05, 3.63) is 42.6 Å². The van der Waals surface area contributed by atoms with Crippen LogP contribution in [-0.4, -0.2) is 21.7 Å². The van der Waals surface area contributed by atoms with Crippen LogP contribution in [0, 0.1) is 0 Å². The summed E-state index contributed by atoms with van der Waals surface area (Å²) >= 11 is 0. The van der Waals surface area contributed by atoms with Gasteiger partial charge in [0.1, 0.15) is 0 Å². The molecule has 4 N–H and O–H groups in total. The Morgan fingerprint density at radius 1 is 1.23 bits per heavy atom. The van der Waals surface area contributed by atoms with Crippen molar-refractivity contribution in [2.75, 3.05) is 16.0 Å². The molecule has 0 unspecified atom stereocenters.